The van der Waals surface area contributed by atoms with E-state index in [2.05, 4.69) is 28.7 Å². The van der Waals surface area contributed by atoms with Crippen molar-refractivity contribution in [1.82, 2.24) is 9.97 Å². The Kier molecular flexibility index (Phi) is 3.69. The van der Waals surface area contributed by atoms with Crippen molar-refractivity contribution in [3.05, 3.63) is 28.5 Å². The molecule has 2 aromatic rings. The fourth-order valence-corrected chi connectivity index (χ4v) is 2.16. The number of aromatic nitrogens is 2. The van der Waals surface area contributed by atoms with Crippen LogP contribution in [0.4, 0.5) is 5.82 Å². The van der Waals surface area contributed by atoms with Crippen molar-refractivity contribution in [2.45, 2.75) is 13.8 Å². The summed E-state index contributed by atoms with van der Waals surface area (Å²) in [6.07, 6.45) is 0. The molecule has 1 heterocycles. The summed E-state index contributed by atoms with van der Waals surface area (Å²) in [5, 5.41) is 1.88. The van der Waals surface area contributed by atoms with E-state index in [0.717, 1.165) is 29.8 Å². The molecule has 3 nitrogen and oxygen atoms in total. The number of rotatable bonds is 3. The van der Waals surface area contributed by atoms with Gasteiger partial charge in [-0.3, -0.25) is 0 Å². The summed E-state index contributed by atoms with van der Waals surface area (Å²) in [6.45, 7) is 5.92. The van der Waals surface area contributed by atoms with Gasteiger partial charge in [0.2, 0.25) is 5.28 Å². The van der Waals surface area contributed by atoms with Gasteiger partial charge >= 0.3 is 0 Å². The minimum atomic E-state index is 0.252. The Labute approximate surface area is 110 Å². The lowest BCUT2D eigenvalue weighted by Gasteiger charge is -2.21. The Morgan fingerprint density at radius 3 is 2.47 bits per heavy atom. The second kappa shape index (κ2) is 5.07. The summed E-state index contributed by atoms with van der Waals surface area (Å²) >= 11 is 11.9. The Morgan fingerprint density at radius 1 is 1.12 bits per heavy atom. The maximum absolute atomic E-state index is 5.95. The van der Waals surface area contributed by atoms with Crippen molar-refractivity contribution in [3.8, 4) is 0 Å². The van der Waals surface area contributed by atoms with Crippen LogP contribution in [0.5, 0.6) is 0 Å². The van der Waals surface area contributed by atoms with Crippen LogP contribution in [0.2, 0.25) is 10.3 Å². The van der Waals surface area contributed by atoms with Gasteiger partial charge in [0.15, 0.2) is 0 Å². The third-order valence-corrected chi connectivity index (χ3v) is 3.08. The van der Waals surface area contributed by atoms with E-state index >= 15 is 0 Å². The smallest absolute Gasteiger partial charge is 0.224 e. The number of anilines is 1. The first-order valence-electron chi connectivity index (χ1n) is 5.53. The number of halogens is 2. The molecule has 0 N–H and O–H groups in total. The zero-order chi connectivity index (χ0) is 12.4. The molecule has 2 rings (SSSR count). The molecule has 0 unspecified atom stereocenters. The van der Waals surface area contributed by atoms with Crippen LogP contribution >= 0.6 is 23.2 Å². The molecule has 0 amide bonds. The standard InChI is InChI=1S/C12H13Cl2N3/c1-3-17(4-2)11-9-6-5-8(13)7-10(9)15-12(14)16-11/h5-7H,3-4H2,1-2H3. The van der Waals surface area contributed by atoms with E-state index in [1.165, 1.54) is 0 Å². The minimum absolute atomic E-state index is 0.252. The number of nitrogens with zero attached hydrogens (tertiary/aromatic N) is 3. The summed E-state index contributed by atoms with van der Waals surface area (Å²) in [6, 6.07) is 5.58. The highest BCUT2D eigenvalue weighted by Crippen LogP contribution is 2.27. The average molecular weight is 270 g/mol. The molecular formula is C12H13Cl2N3. The van der Waals surface area contributed by atoms with Gasteiger partial charge in [0.25, 0.3) is 0 Å². The summed E-state index contributed by atoms with van der Waals surface area (Å²) in [7, 11) is 0. The van der Waals surface area contributed by atoms with E-state index < -0.39 is 0 Å². The molecule has 0 saturated carbocycles. The predicted molar refractivity (Wildman–Crippen MR) is 73.1 cm³/mol. The maximum atomic E-state index is 5.95. The highest BCUT2D eigenvalue weighted by molar-refractivity contribution is 6.31. The fraction of sp³-hybridized carbons (Fsp3) is 0.333. The average Bonchev–Trinajstić information content (AvgIpc) is 2.29. The van der Waals surface area contributed by atoms with Crippen LogP contribution in [0.3, 0.4) is 0 Å². The number of hydrogen-bond donors (Lipinski definition) is 0. The molecule has 17 heavy (non-hydrogen) atoms. The van der Waals surface area contributed by atoms with Crippen molar-refractivity contribution >= 4 is 39.9 Å². The van der Waals surface area contributed by atoms with Gasteiger partial charge in [-0.25, -0.2) is 4.98 Å². The van der Waals surface area contributed by atoms with Crippen molar-refractivity contribution in [3.63, 3.8) is 0 Å². The number of hydrogen-bond acceptors (Lipinski definition) is 3. The summed E-state index contributed by atoms with van der Waals surface area (Å²) in [5.41, 5.74) is 0.777. The normalized spacial score (nSPS) is 10.8. The second-order valence-corrected chi connectivity index (χ2v) is 4.42. The molecule has 0 aliphatic carbocycles. The van der Waals surface area contributed by atoms with Crippen molar-refractivity contribution in [2.75, 3.05) is 18.0 Å². The Hall–Kier alpha value is -1.06. The topological polar surface area (TPSA) is 29.0 Å². The van der Waals surface area contributed by atoms with E-state index in [1.807, 2.05) is 12.1 Å². The molecule has 0 atom stereocenters. The quantitative estimate of drug-likeness (QED) is 0.795. The van der Waals surface area contributed by atoms with Gasteiger partial charge in [0, 0.05) is 23.5 Å². The SMILES string of the molecule is CCN(CC)c1nc(Cl)nc2cc(Cl)ccc12. The van der Waals surface area contributed by atoms with E-state index in [4.69, 9.17) is 23.2 Å². The van der Waals surface area contributed by atoms with Crippen LogP contribution in [-0.4, -0.2) is 23.1 Å². The van der Waals surface area contributed by atoms with Crippen LogP contribution in [0, 0.1) is 0 Å². The maximum Gasteiger partial charge on any atom is 0.224 e. The molecule has 5 heteroatoms. The summed E-state index contributed by atoms with van der Waals surface area (Å²) in [5.74, 6) is 0.863. The molecule has 90 valence electrons. The second-order valence-electron chi connectivity index (χ2n) is 3.65. The zero-order valence-corrected chi connectivity index (χ0v) is 11.3. The van der Waals surface area contributed by atoms with Gasteiger partial charge in [0.05, 0.1) is 5.52 Å². The van der Waals surface area contributed by atoms with Crippen LogP contribution in [0.25, 0.3) is 10.9 Å². The fourth-order valence-electron chi connectivity index (χ4n) is 1.82. The third-order valence-electron chi connectivity index (χ3n) is 2.67. The lowest BCUT2D eigenvalue weighted by molar-refractivity contribution is 0.849. The molecule has 0 radical (unpaired) electrons. The molecule has 1 aromatic heterocycles. The molecular weight excluding hydrogens is 257 g/mol. The lowest BCUT2D eigenvalue weighted by atomic mass is 10.2. The highest BCUT2D eigenvalue weighted by Gasteiger charge is 2.11. The van der Waals surface area contributed by atoms with E-state index in [-0.39, 0.29) is 5.28 Å². The highest BCUT2D eigenvalue weighted by atomic mass is 35.5. The van der Waals surface area contributed by atoms with Crippen molar-refractivity contribution in [2.24, 2.45) is 0 Å². The summed E-state index contributed by atoms with van der Waals surface area (Å²) < 4.78 is 0. The molecule has 0 fully saturated rings. The zero-order valence-electron chi connectivity index (χ0n) is 9.74. The molecule has 0 saturated heterocycles. The van der Waals surface area contributed by atoms with Gasteiger partial charge in [-0.2, -0.15) is 4.98 Å². The van der Waals surface area contributed by atoms with Gasteiger partial charge in [-0.15, -0.1) is 0 Å². The van der Waals surface area contributed by atoms with Crippen molar-refractivity contribution in [1.29, 1.82) is 0 Å². The lowest BCUT2D eigenvalue weighted by Crippen LogP contribution is -2.23. The molecule has 0 aliphatic rings. The van der Waals surface area contributed by atoms with Gasteiger partial charge in [-0.05, 0) is 43.6 Å². The Bertz CT molecular complexity index is 533. The van der Waals surface area contributed by atoms with Crippen molar-refractivity contribution < 1.29 is 0 Å². The molecule has 1 aromatic carbocycles. The van der Waals surface area contributed by atoms with Gasteiger partial charge in [-0.1, -0.05) is 11.6 Å². The van der Waals surface area contributed by atoms with Crippen LogP contribution in [0.15, 0.2) is 18.2 Å². The molecule has 0 bridgehead atoms. The molecule has 0 spiro atoms. The predicted octanol–water partition coefficient (Wildman–Crippen LogP) is 3.78. The third kappa shape index (κ3) is 2.45. The number of fused-ring (bicyclic) bond motifs is 1. The first-order chi connectivity index (χ1) is 8.15. The largest absolute Gasteiger partial charge is 0.357 e. The Morgan fingerprint density at radius 2 is 1.82 bits per heavy atom. The monoisotopic (exact) mass is 269 g/mol. The van der Waals surface area contributed by atoms with Crippen LogP contribution in [-0.2, 0) is 0 Å². The Balaban J connectivity index is 2.69. The van der Waals surface area contributed by atoms with E-state index in [1.54, 1.807) is 6.07 Å². The first-order valence-corrected chi connectivity index (χ1v) is 6.29. The van der Waals surface area contributed by atoms with E-state index in [0.29, 0.717) is 5.02 Å². The van der Waals surface area contributed by atoms with Crippen LogP contribution < -0.4 is 4.90 Å². The van der Waals surface area contributed by atoms with Crippen LogP contribution in [0.1, 0.15) is 13.8 Å². The summed E-state index contributed by atoms with van der Waals surface area (Å²) in [4.78, 5) is 10.6. The first kappa shape index (κ1) is 12.4. The van der Waals surface area contributed by atoms with E-state index in [9.17, 15) is 0 Å². The number of benzene rings is 1. The van der Waals surface area contributed by atoms with Gasteiger partial charge in [0.1, 0.15) is 5.82 Å². The minimum Gasteiger partial charge on any atom is -0.357 e. The van der Waals surface area contributed by atoms with Gasteiger partial charge < -0.3 is 4.90 Å². The molecule has 0 aliphatic heterocycles.